The number of thiazole rings is 1. The van der Waals surface area contributed by atoms with E-state index in [0.29, 0.717) is 29.7 Å². The Balaban J connectivity index is 1.44. The van der Waals surface area contributed by atoms with Gasteiger partial charge in [0.05, 0.1) is 11.6 Å². The van der Waals surface area contributed by atoms with Crippen molar-refractivity contribution in [1.82, 2.24) is 9.97 Å². The number of amides is 2. The molecule has 0 radical (unpaired) electrons. The molecule has 5 heterocycles. The molecule has 11 heteroatoms. The van der Waals surface area contributed by atoms with E-state index in [1.165, 1.54) is 11.3 Å². The van der Waals surface area contributed by atoms with Gasteiger partial charge in [0, 0.05) is 31.2 Å². The molecule has 0 aromatic carbocycles. The molecule has 5 rings (SSSR count). The Labute approximate surface area is 175 Å². The van der Waals surface area contributed by atoms with E-state index in [-0.39, 0.29) is 25.2 Å². The standard InChI is InChI=1S/C19H21F3N6OS/c20-19(21,22)12-3-1-8-26(11-12)14-6-5-13-16(24-14)28(15-4-2-9-27(13)15)18(29)25-17-23-7-10-30-17/h5-7,10,12,15H,1-4,8-9,11H2,(H,23,25,29). The first-order chi connectivity index (χ1) is 14.4. The van der Waals surface area contributed by atoms with Gasteiger partial charge >= 0.3 is 12.2 Å². The second-order valence-electron chi connectivity index (χ2n) is 7.79. The van der Waals surface area contributed by atoms with E-state index >= 15 is 0 Å². The maximum atomic E-state index is 13.2. The zero-order chi connectivity index (χ0) is 20.9. The minimum absolute atomic E-state index is 0.103. The van der Waals surface area contributed by atoms with Gasteiger partial charge < -0.3 is 9.80 Å². The Morgan fingerprint density at radius 3 is 2.80 bits per heavy atom. The van der Waals surface area contributed by atoms with Crippen molar-refractivity contribution >= 4 is 39.8 Å². The summed E-state index contributed by atoms with van der Waals surface area (Å²) in [7, 11) is 0. The van der Waals surface area contributed by atoms with Gasteiger partial charge in [-0.05, 0) is 37.8 Å². The third-order valence-electron chi connectivity index (χ3n) is 5.97. The Hall–Kier alpha value is -2.56. The number of nitrogens with one attached hydrogen (secondary N) is 1. The summed E-state index contributed by atoms with van der Waals surface area (Å²) in [6, 6.07) is 3.33. The van der Waals surface area contributed by atoms with E-state index in [2.05, 4.69) is 20.2 Å². The lowest BCUT2D eigenvalue weighted by molar-refractivity contribution is -0.176. The number of urea groups is 1. The summed E-state index contributed by atoms with van der Waals surface area (Å²) in [5.41, 5.74) is 0.847. The van der Waals surface area contributed by atoms with Crippen molar-refractivity contribution in [2.75, 3.05) is 39.7 Å². The summed E-state index contributed by atoms with van der Waals surface area (Å²) < 4.78 is 39.7. The Kier molecular flexibility index (Phi) is 4.72. The van der Waals surface area contributed by atoms with Crippen LogP contribution in [0.3, 0.4) is 0 Å². The number of pyridine rings is 1. The van der Waals surface area contributed by atoms with Gasteiger partial charge in [0.1, 0.15) is 12.0 Å². The normalized spacial score (nSPS) is 23.5. The molecule has 2 amide bonds. The molecule has 3 aliphatic heterocycles. The van der Waals surface area contributed by atoms with Gasteiger partial charge in [-0.15, -0.1) is 11.3 Å². The fourth-order valence-corrected chi connectivity index (χ4v) is 5.09. The van der Waals surface area contributed by atoms with Crippen LogP contribution in [0, 0.1) is 5.92 Å². The Morgan fingerprint density at radius 2 is 2.03 bits per heavy atom. The van der Waals surface area contributed by atoms with Crippen LogP contribution in [-0.2, 0) is 0 Å². The van der Waals surface area contributed by atoms with Crippen LogP contribution < -0.4 is 20.0 Å². The van der Waals surface area contributed by atoms with E-state index in [1.54, 1.807) is 27.4 Å². The molecule has 2 saturated heterocycles. The average Bonchev–Trinajstić information content (AvgIpc) is 3.44. The molecule has 2 aromatic heterocycles. The van der Waals surface area contributed by atoms with E-state index in [0.717, 1.165) is 25.1 Å². The van der Waals surface area contributed by atoms with Crippen LogP contribution in [0.4, 0.5) is 40.4 Å². The monoisotopic (exact) mass is 438 g/mol. The molecular weight excluding hydrogens is 417 g/mol. The molecule has 1 N–H and O–H groups in total. The quantitative estimate of drug-likeness (QED) is 0.758. The van der Waals surface area contributed by atoms with Crippen LogP contribution >= 0.6 is 11.3 Å². The number of halogens is 3. The molecule has 2 aromatic rings. The molecular formula is C19H21F3N6OS. The smallest absolute Gasteiger partial charge is 0.356 e. The lowest BCUT2D eigenvalue weighted by atomic mass is 9.97. The van der Waals surface area contributed by atoms with Crippen molar-refractivity contribution in [3.8, 4) is 0 Å². The van der Waals surface area contributed by atoms with Gasteiger partial charge in [0.25, 0.3) is 0 Å². The Bertz CT molecular complexity index is 937. The highest BCUT2D eigenvalue weighted by Gasteiger charge is 2.45. The van der Waals surface area contributed by atoms with Gasteiger partial charge in [-0.1, -0.05) is 0 Å². The van der Waals surface area contributed by atoms with Crippen molar-refractivity contribution in [3.05, 3.63) is 23.7 Å². The van der Waals surface area contributed by atoms with Crippen molar-refractivity contribution in [1.29, 1.82) is 0 Å². The number of fused-ring (bicyclic) bond motifs is 3. The highest BCUT2D eigenvalue weighted by atomic mass is 32.1. The minimum Gasteiger partial charge on any atom is -0.356 e. The highest BCUT2D eigenvalue weighted by Crippen LogP contribution is 2.44. The van der Waals surface area contributed by atoms with Gasteiger partial charge in [-0.25, -0.2) is 14.8 Å². The zero-order valence-electron chi connectivity index (χ0n) is 16.1. The number of alkyl halides is 3. The molecule has 160 valence electrons. The summed E-state index contributed by atoms with van der Waals surface area (Å²) >= 11 is 1.33. The Morgan fingerprint density at radius 1 is 1.20 bits per heavy atom. The number of carbonyl (C=O) groups is 1. The molecule has 2 unspecified atom stereocenters. The number of aromatic nitrogens is 2. The highest BCUT2D eigenvalue weighted by molar-refractivity contribution is 7.13. The predicted molar refractivity (Wildman–Crippen MR) is 109 cm³/mol. The first kappa shape index (κ1) is 19.4. The second-order valence-corrected chi connectivity index (χ2v) is 8.69. The summed E-state index contributed by atoms with van der Waals surface area (Å²) in [6.45, 7) is 1.24. The molecule has 0 saturated carbocycles. The maximum Gasteiger partial charge on any atom is 0.393 e. The molecule has 0 spiro atoms. The topological polar surface area (TPSA) is 64.6 Å². The van der Waals surface area contributed by atoms with Crippen molar-refractivity contribution in [2.45, 2.75) is 38.0 Å². The van der Waals surface area contributed by atoms with Gasteiger partial charge in [0.2, 0.25) is 0 Å². The molecule has 7 nitrogen and oxygen atoms in total. The summed E-state index contributed by atoms with van der Waals surface area (Å²) in [4.78, 5) is 27.3. The molecule has 30 heavy (non-hydrogen) atoms. The molecule has 0 bridgehead atoms. The van der Waals surface area contributed by atoms with Gasteiger partial charge in [0.15, 0.2) is 10.9 Å². The SMILES string of the molecule is O=C(Nc1nccs1)N1c2nc(N3CCCC(C(F)(F)F)C3)ccc2N2CCCC21. The van der Waals surface area contributed by atoms with E-state index in [4.69, 9.17) is 0 Å². The van der Waals surface area contributed by atoms with Crippen LogP contribution in [0.2, 0.25) is 0 Å². The van der Waals surface area contributed by atoms with E-state index in [9.17, 15) is 18.0 Å². The average molecular weight is 438 g/mol. The summed E-state index contributed by atoms with van der Waals surface area (Å²) in [6.07, 6.45) is -0.341. The molecule has 2 fully saturated rings. The largest absolute Gasteiger partial charge is 0.393 e. The van der Waals surface area contributed by atoms with Crippen molar-refractivity contribution in [3.63, 3.8) is 0 Å². The van der Waals surface area contributed by atoms with Gasteiger partial charge in [-0.2, -0.15) is 13.2 Å². The van der Waals surface area contributed by atoms with Gasteiger partial charge in [-0.3, -0.25) is 10.2 Å². The lowest BCUT2D eigenvalue weighted by Crippen LogP contribution is -2.45. The summed E-state index contributed by atoms with van der Waals surface area (Å²) in [5.74, 6) is -0.370. The third-order valence-corrected chi connectivity index (χ3v) is 6.66. The second kappa shape index (κ2) is 7.29. The van der Waals surface area contributed by atoms with Crippen molar-refractivity contribution in [2.24, 2.45) is 5.92 Å². The number of anilines is 4. The maximum absolute atomic E-state index is 13.2. The van der Waals surface area contributed by atoms with Crippen molar-refractivity contribution < 1.29 is 18.0 Å². The van der Waals surface area contributed by atoms with Crippen LogP contribution in [0.25, 0.3) is 0 Å². The fourth-order valence-electron chi connectivity index (χ4n) is 4.57. The number of rotatable bonds is 2. The number of carbonyl (C=O) groups excluding carboxylic acids is 1. The minimum atomic E-state index is -4.21. The molecule has 3 aliphatic rings. The zero-order valence-corrected chi connectivity index (χ0v) is 16.9. The van der Waals surface area contributed by atoms with Crippen LogP contribution in [0.1, 0.15) is 25.7 Å². The van der Waals surface area contributed by atoms with E-state index in [1.807, 2.05) is 6.07 Å². The summed E-state index contributed by atoms with van der Waals surface area (Å²) in [5, 5.41) is 5.08. The number of piperidine rings is 1. The van der Waals surface area contributed by atoms with Crippen LogP contribution in [-0.4, -0.2) is 48.0 Å². The van der Waals surface area contributed by atoms with Crippen LogP contribution in [0.15, 0.2) is 23.7 Å². The number of hydrogen-bond donors (Lipinski definition) is 1. The molecule has 2 atom stereocenters. The third kappa shape index (κ3) is 3.34. The fraction of sp³-hybridized carbons (Fsp3) is 0.526. The predicted octanol–water partition coefficient (Wildman–Crippen LogP) is 4.30. The van der Waals surface area contributed by atoms with Crippen LogP contribution in [0.5, 0.6) is 0 Å². The first-order valence-electron chi connectivity index (χ1n) is 10.0. The number of nitrogens with zero attached hydrogens (tertiary/aromatic N) is 5. The first-order valence-corrected chi connectivity index (χ1v) is 10.9. The van der Waals surface area contributed by atoms with E-state index < -0.39 is 12.1 Å². The lowest BCUT2D eigenvalue weighted by Gasteiger charge is -2.34. The molecule has 0 aliphatic carbocycles. The number of hydrogen-bond acceptors (Lipinski definition) is 6.